The van der Waals surface area contributed by atoms with Crippen LogP contribution in [0.2, 0.25) is 0 Å². The minimum Gasteiger partial charge on any atom is -0.357 e. The van der Waals surface area contributed by atoms with Crippen LogP contribution < -0.4 is 5.32 Å². The van der Waals surface area contributed by atoms with Crippen molar-refractivity contribution in [1.29, 1.82) is 0 Å². The van der Waals surface area contributed by atoms with Gasteiger partial charge in [-0.1, -0.05) is 31.2 Å². The summed E-state index contributed by atoms with van der Waals surface area (Å²) in [5, 5.41) is 3.42. The van der Waals surface area contributed by atoms with E-state index >= 15 is 0 Å². The van der Waals surface area contributed by atoms with E-state index in [1.54, 1.807) is 0 Å². The number of rotatable bonds is 6. The Morgan fingerprint density at radius 2 is 1.92 bits per heavy atom. The van der Waals surface area contributed by atoms with Crippen molar-refractivity contribution in [3.63, 3.8) is 0 Å². The zero-order valence-corrected chi connectivity index (χ0v) is 17.9. The average molecular weight is 444 g/mol. The molecule has 0 bridgehead atoms. The van der Waals surface area contributed by atoms with Crippen molar-refractivity contribution in [2.75, 3.05) is 40.3 Å². The molecule has 24 heavy (non-hydrogen) atoms. The Labute approximate surface area is 164 Å². The van der Waals surface area contributed by atoms with E-state index in [1.807, 2.05) is 0 Å². The van der Waals surface area contributed by atoms with Gasteiger partial charge in [-0.15, -0.1) is 24.0 Å². The lowest BCUT2D eigenvalue weighted by Crippen LogP contribution is -2.38. The Morgan fingerprint density at radius 1 is 1.25 bits per heavy atom. The third kappa shape index (κ3) is 6.59. The van der Waals surface area contributed by atoms with Crippen LogP contribution in [-0.4, -0.2) is 56.0 Å². The van der Waals surface area contributed by atoms with Crippen molar-refractivity contribution in [2.24, 2.45) is 10.9 Å². The molecule has 0 amide bonds. The van der Waals surface area contributed by atoms with Crippen molar-refractivity contribution in [2.45, 2.75) is 33.2 Å². The normalized spacial score (nSPS) is 18.3. The number of hydrogen-bond acceptors (Lipinski definition) is 2. The molecule has 1 aromatic rings. The lowest BCUT2D eigenvalue weighted by Gasteiger charge is -2.23. The molecule has 0 spiro atoms. The third-order valence-corrected chi connectivity index (χ3v) is 4.54. The number of hydrogen-bond donors (Lipinski definition) is 1. The van der Waals surface area contributed by atoms with Gasteiger partial charge in [0.05, 0.1) is 0 Å². The van der Waals surface area contributed by atoms with Crippen LogP contribution >= 0.6 is 24.0 Å². The number of aliphatic imine (C=N–C) groups is 1. The first-order chi connectivity index (χ1) is 11.1. The van der Waals surface area contributed by atoms with Crippen LogP contribution in [0.4, 0.5) is 0 Å². The van der Waals surface area contributed by atoms with Crippen LogP contribution in [0.5, 0.6) is 0 Å². The fourth-order valence-corrected chi connectivity index (χ4v) is 3.09. The Bertz CT molecular complexity index is 501. The summed E-state index contributed by atoms with van der Waals surface area (Å²) in [4.78, 5) is 9.48. The fourth-order valence-electron chi connectivity index (χ4n) is 3.09. The van der Waals surface area contributed by atoms with E-state index in [0.29, 0.717) is 5.92 Å². The molecule has 0 aliphatic carbocycles. The molecule has 5 heteroatoms. The summed E-state index contributed by atoms with van der Waals surface area (Å²) in [6.45, 7) is 9.41. The van der Waals surface area contributed by atoms with Crippen LogP contribution in [0.1, 0.15) is 31.4 Å². The van der Waals surface area contributed by atoms with Gasteiger partial charge < -0.3 is 15.1 Å². The Balaban J connectivity index is 0.00000288. The van der Waals surface area contributed by atoms with Gasteiger partial charge in [-0.2, -0.15) is 0 Å². The van der Waals surface area contributed by atoms with Crippen molar-refractivity contribution < 1.29 is 0 Å². The Morgan fingerprint density at radius 3 is 2.46 bits per heavy atom. The van der Waals surface area contributed by atoms with Gasteiger partial charge in [0.2, 0.25) is 0 Å². The van der Waals surface area contributed by atoms with E-state index in [1.165, 1.54) is 30.6 Å². The number of aryl methyl sites for hydroxylation is 1. The van der Waals surface area contributed by atoms with Gasteiger partial charge in [0, 0.05) is 33.2 Å². The lowest BCUT2D eigenvalue weighted by molar-refractivity contribution is 0.396. The molecule has 1 N–H and O–H groups in total. The molecular weight excluding hydrogens is 411 g/mol. The molecule has 0 saturated carbocycles. The monoisotopic (exact) mass is 444 g/mol. The second kappa shape index (κ2) is 10.9. The summed E-state index contributed by atoms with van der Waals surface area (Å²) in [6, 6.07) is 8.90. The number of halogens is 1. The highest BCUT2D eigenvalue weighted by Gasteiger charge is 2.19. The van der Waals surface area contributed by atoms with Crippen LogP contribution in [-0.2, 0) is 13.0 Å². The molecule has 2 rings (SSSR count). The molecule has 1 unspecified atom stereocenters. The van der Waals surface area contributed by atoms with Crippen LogP contribution in [0.15, 0.2) is 29.3 Å². The van der Waals surface area contributed by atoms with Gasteiger partial charge in [0.25, 0.3) is 0 Å². The summed E-state index contributed by atoms with van der Waals surface area (Å²) in [7, 11) is 4.32. The molecule has 1 aliphatic rings. The van der Waals surface area contributed by atoms with Crippen LogP contribution in [0.3, 0.4) is 0 Å². The van der Waals surface area contributed by atoms with Crippen molar-refractivity contribution in [1.82, 2.24) is 15.1 Å². The number of likely N-dealkylation sites (tertiary alicyclic amines) is 1. The minimum absolute atomic E-state index is 0. The highest BCUT2D eigenvalue weighted by atomic mass is 127. The van der Waals surface area contributed by atoms with E-state index in [0.717, 1.165) is 32.0 Å². The third-order valence-electron chi connectivity index (χ3n) is 4.54. The zero-order chi connectivity index (χ0) is 16.7. The zero-order valence-electron chi connectivity index (χ0n) is 15.6. The smallest absolute Gasteiger partial charge is 0.193 e. The van der Waals surface area contributed by atoms with E-state index < -0.39 is 0 Å². The second-order valence-corrected chi connectivity index (χ2v) is 6.64. The van der Waals surface area contributed by atoms with Gasteiger partial charge in [0.15, 0.2) is 5.96 Å². The molecule has 0 aromatic heterocycles. The second-order valence-electron chi connectivity index (χ2n) is 6.64. The average Bonchev–Trinajstić information content (AvgIpc) is 2.97. The summed E-state index contributed by atoms with van der Waals surface area (Å²) in [5.41, 5.74) is 2.72. The largest absolute Gasteiger partial charge is 0.357 e. The number of nitrogens with one attached hydrogen (secondary N) is 1. The van der Waals surface area contributed by atoms with E-state index in [2.05, 4.69) is 67.3 Å². The molecule has 136 valence electrons. The molecule has 1 atom stereocenters. The molecule has 0 radical (unpaired) electrons. The van der Waals surface area contributed by atoms with Crippen LogP contribution in [0.25, 0.3) is 0 Å². The highest BCUT2D eigenvalue weighted by molar-refractivity contribution is 14.0. The molecular formula is C19H33IN4. The first-order valence-corrected chi connectivity index (χ1v) is 8.88. The van der Waals surface area contributed by atoms with Crippen LogP contribution in [0, 0.1) is 5.92 Å². The molecule has 4 nitrogen and oxygen atoms in total. The molecule has 1 saturated heterocycles. The van der Waals surface area contributed by atoms with Crippen molar-refractivity contribution in [3.05, 3.63) is 35.4 Å². The standard InChI is InChI=1S/C19H32N4.HI/c1-5-16-7-9-17(10-8-16)15-23(4)19(20-6-2)21-13-18-11-12-22(3)14-18;/h7-10,18H,5-6,11-15H2,1-4H3,(H,20,21);1H. The van der Waals surface area contributed by atoms with Gasteiger partial charge >= 0.3 is 0 Å². The molecule has 1 heterocycles. The maximum Gasteiger partial charge on any atom is 0.193 e. The summed E-state index contributed by atoms with van der Waals surface area (Å²) in [5.74, 6) is 1.72. The quantitative estimate of drug-likeness (QED) is 0.415. The maximum atomic E-state index is 4.86. The maximum absolute atomic E-state index is 4.86. The number of nitrogens with zero attached hydrogens (tertiary/aromatic N) is 3. The first kappa shape index (κ1) is 21.2. The fraction of sp³-hybridized carbons (Fsp3) is 0.632. The van der Waals surface area contributed by atoms with E-state index in [-0.39, 0.29) is 24.0 Å². The number of benzene rings is 1. The van der Waals surface area contributed by atoms with Gasteiger partial charge in [-0.25, -0.2) is 0 Å². The van der Waals surface area contributed by atoms with E-state index in [4.69, 9.17) is 4.99 Å². The van der Waals surface area contributed by atoms with Gasteiger partial charge in [-0.05, 0) is 50.4 Å². The van der Waals surface area contributed by atoms with E-state index in [9.17, 15) is 0 Å². The Kier molecular flexibility index (Phi) is 9.66. The Hall–Kier alpha value is -0.820. The predicted octanol–water partition coefficient (Wildman–Crippen LogP) is 3.22. The highest BCUT2D eigenvalue weighted by Crippen LogP contribution is 2.14. The molecule has 1 aromatic carbocycles. The lowest BCUT2D eigenvalue weighted by atomic mass is 10.1. The summed E-state index contributed by atoms with van der Waals surface area (Å²) < 4.78 is 0. The van der Waals surface area contributed by atoms with Crippen molar-refractivity contribution in [3.8, 4) is 0 Å². The first-order valence-electron chi connectivity index (χ1n) is 8.88. The van der Waals surface area contributed by atoms with Gasteiger partial charge in [0.1, 0.15) is 0 Å². The van der Waals surface area contributed by atoms with Crippen molar-refractivity contribution >= 4 is 29.9 Å². The predicted molar refractivity (Wildman–Crippen MR) is 114 cm³/mol. The molecule has 1 fully saturated rings. The topological polar surface area (TPSA) is 30.9 Å². The summed E-state index contributed by atoms with van der Waals surface area (Å²) >= 11 is 0. The molecule has 1 aliphatic heterocycles. The van der Waals surface area contributed by atoms with Gasteiger partial charge in [-0.3, -0.25) is 4.99 Å². The SMILES string of the molecule is CCNC(=NCC1CCN(C)C1)N(C)Cc1ccc(CC)cc1.I. The number of guanidine groups is 1. The summed E-state index contributed by atoms with van der Waals surface area (Å²) in [6.07, 6.45) is 2.36. The minimum atomic E-state index is 0.